The number of sulfone groups is 1. The smallest absolute Gasteiger partial charge is 0.317 e. The van der Waals surface area contributed by atoms with Gasteiger partial charge in [0, 0.05) is 18.5 Å². The summed E-state index contributed by atoms with van der Waals surface area (Å²) in [5.74, 6) is 0.0126. The Kier molecular flexibility index (Phi) is 4.49. The maximum absolute atomic E-state index is 11.6. The third-order valence-electron chi connectivity index (χ3n) is 3.64. The lowest BCUT2D eigenvalue weighted by atomic mass is 10.1. The van der Waals surface area contributed by atoms with Crippen LogP contribution in [0, 0.1) is 0 Å². The van der Waals surface area contributed by atoms with Crippen LogP contribution in [0.15, 0.2) is 22.8 Å². The summed E-state index contributed by atoms with van der Waals surface area (Å²) in [5, 5.41) is 9.03. The molecule has 0 bridgehead atoms. The number of rotatable bonds is 6. The summed E-state index contributed by atoms with van der Waals surface area (Å²) in [5.41, 5.74) is 0. The highest BCUT2D eigenvalue weighted by molar-refractivity contribution is 7.91. The summed E-state index contributed by atoms with van der Waals surface area (Å²) in [6, 6.07) is 3.31. The second-order valence-electron chi connectivity index (χ2n) is 5.26. The van der Waals surface area contributed by atoms with Crippen molar-refractivity contribution in [1.29, 1.82) is 0 Å². The predicted molar refractivity (Wildman–Crippen MR) is 73.3 cm³/mol. The molecule has 0 aromatic carbocycles. The van der Waals surface area contributed by atoms with Crippen LogP contribution in [0.2, 0.25) is 0 Å². The second-order valence-corrected chi connectivity index (χ2v) is 7.48. The van der Waals surface area contributed by atoms with Gasteiger partial charge in [0.25, 0.3) is 0 Å². The van der Waals surface area contributed by atoms with Gasteiger partial charge in [0.2, 0.25) is 0 Å². The number of carboxylic acids is 1. The van der Waals surface area contributed by atoms with Crippen molar-refractivity contribution in [2.75, 3.05) is 18.1 Å². The van der Waals surface area contributed by atoms with Gasteiger partial charge in [-0.3, -0.25) is 9.69 Å². The van der Waals surface area contributed by atoms with Gasteiger partial charge in [-0.1, -0.05) is 0 Å². The molecule has 1 aliphatic heterocycles. The van der Waals surface area contributed by atoms with Crippen LogP contribution in [0.25, 0.3) is 0 Å². The van der Waals surface area contributed by atoms with Gasteiger partial charge in [0.1, 0.15) is 5.76 Å². The van der Waals surface area contributed by atoms with Crippen LogP contribution in [0.3, 0.4) is 0 Å². The van der Waals surface area contributed by atoms with Crippen molar-refractivity contribution < 1.29 is 22.7 Å². The molecule has 1 saturated heterocycles. The fourth-order valence-corrected chi connectivity index (χ4v) is 4.42. The predicted octanol–water partition coefficient (Wildman–Crippen LogP) is 0.784. The van der Waals surface area contributed by atoms with Crippen molar-refractivity contribution in [2.24, 2.45) is 0 Å². The summed E-state index contributed by atoms with van der Waals surface area (Å²) >= 11 is 0. The first-order valence-corrected chi connectivity index (χ1v) is 8.40. The Labute approximate surface area is 118 Å². The van der Waals surface area contributed by atoms with Crippen LogP contribution in [-0.2, 0) is 21.1 Å². The van der Waals surface area contributed by atoms with E-state index in [-0.39, 0.29) is 30.1 Å². The van der Waals surface area contributed by atoms with Gasteiger partial charge in [-0.05, 0) is 25.5 Å². The monoisotopic (exact) mass is 301 g/mol. The average Bonchev–Trinajstić information content (AvgIpc) is 2.95. The lowest BCUT2D eigenvalue weighted by Crippen LogP contribution is -2.46. The summed E-state index contributed by atoms with van der Waals surface area (Å²) in [4.78, 5) is 12.8. The van der Waals surface area contributed by atoms with Gasteiger partial charge in [0.15, 0.2) is 9.84 Å². The van der Waals surface area contributed by atoms with Crippen LogP contribution >= 0.6 is 0 Å². The first-order chi connectivity index (χ1) is 9.37. The van der Waals surface area contributed by atoms with Gasteiger partial charge >= 0.3 is 5.97 Å². The Morgan fingerprint density at radius 1 is 1.60 bits per heavy atom. The Balaban J connectivity index is 2.08. The van der Waals surface area contributed by atoms with E-state index in [1.165, 1.54) is 0 Å². The van der Waals surface area contributed by atoms with E-state index in [1.54, 1.807) is 17.2 Å². The summed E-state index contributed by atoms with van der Waals surface area (Å²) < 4.78 is 28.4. The van der Waals surface area contributed by atoms with Gasteiger partial charge in [-0.25, -0.2) is 8.42 Å². The molecule has 1 aliphatic rings. The SMILES string of the molecule is CC(Cc1ccco1)N(CC(=O)O)C1CCS(=O)(=O)C1. The molecule has 0 saturated carbocycles. The number of carbonyl (C=O) groups is 1. The molecule has 0 aliphatic carbocycles. The number of hydrogen-bond donors (Lipinski definition) is 1. The highest BCUT2D eigenvalue weighted by Crippen LogP contribution is 2.21. The quantitative estimate of drug-likeness (QED) is 0.835. The Hall–Kier alpha value is -1.34. The molecule has 2 rings (SSSR count). The first-order valence-electron chi connectivity index (χ1n) is 6.58. The molecule has 1 aromatic heterocycles. The molecule has 6 nitrogen and oxygen atoms in total. The number of nitrogens with zero attached hydrogens (tertiary/aromatic N) is 1. The molecule has 7 heteroatoms. The fraction of sp³-hybridized carbons (Fsp3) is 0.615. The Bertz CT molecular complexity index is 551. The lowest BCUT2D eigenvalue weighted by Gasteiger charge is -2.32. The fourth-order valence-electron chi connectivity index (χ4n) is 2.68. The minimum Gasteiger partial charge on any atom is -0.480 e. The van der Waals surface area contributed by atoms with E-state index in [2.05, 4.69) is 0 Å². The standard InChI is InChI=1S/C13H19NO5S/c1-10(7-12-3-2-5-19-12)14(8-13(15)16)11-4-6-20(17,18)9-11/h2-3,5,10-11H,4,6-9H2,1H3,(H,15,16). The number of furan rings is 1. The maximum atomic E-state index is 11.6. The zero-order valence-corrected chi connectivity index (χ0v) is 12.2. The Morgan fingerprint density at radius 3 is 2.85 bits per heavy atom. The molecular formula is C13H19NO5S. The molecule has 2 heterocycles. The highest BCUT2D eigenvalue weighted by atomic mass is 32.2. The molecule has 0 radical (unpaired) electrons. The van der Waals surface area contributed by atoms with Crippen molar-refractivity contribution in [3.63, 3.8) is 0 Å². The Morgan fingerprint density at radius 2 is 2.35 bits per heavy atom. The molecule has 20 heavy (non-hydrogen) atoms. The van der Waals surface area contributed by atoms with E-state index in [1.807, 2.05) is 13.0 Å². The van der Waals surface area contributed by atoms with E-state index in [0.717, 1.165) is 5.76 Å². The maximum Gasteiger partial charge on any atom is 0.317 e. The molecule has 112 valence electrons. The van der Waals surface area contributed by atoms with Crippen molar-refractivity contribution >= 4 is 15.8 Å². The topological polar surface area (TPSA) is 87.8 Å². The van der Waals surface area contributed by atoms with Crippen molar-refractivity contribution in [3.05, 3.63) is 24.2 Å². The average molecular weight is 301 g/mol. The highest BCUT2D eigenvalue weighted by Gasteiger charge is 2.35. The summed E-state index contributed by atoms with van der Waals surface area (Å²) in [7, 11) is -3.03. The first kappa shape index (κ1) is 15.1. The molecule has 1 fully saturated rings. The van der Waals surface area contributed by atoms with E-state index in [9.17, 15) is 13.2 Å². The summed E-state index contributed by atoms with van der Waals surface area (Å²) in [6.07, 6.45) is 2.64. The van der Waals surface area contributed by atoms with Crippen molar-refractivity contribution in [3.8, 4) is 0 Å². The number of carboxylic acid groups (broad SMARTS) is 1. The molecule has 2 atom stereocenters. The van der Waals surface area contributed by atoms with Gasteiger partial charge < -0.3 is 9.52 Å². The normalized spacial score (nSPS) is 23.0. The van der Waals surface area contributed by atoms with Crippen LogP contribution < -0.4 is 0 Å². The van der Waals surface area contributed by atoms with Gasteiger partial charge in [0.05, 0.1) is 24.3 Å². The van der Waals surface area contributed by atoms with Crippen LogP contribution in [0.1, 0.15) is 19.1 Å². The van der Waals surface area contributed by atoms with E-state index < -0.39 is 15.8 Å². The second kappa shape index (κ2) is 5.97. The lowest BCUT2D eigenvalue weighted by molar-refractivity contribution is -0.139. The third-order valence-corrected chi connectivity index (χ3v) is 5.39. The minimum atomic E-state index is -3.03. The van der Waals surface area contributed by atoms with Gasteiger partial charge in [-0.15, -0.1) is 0 Å². The van der Waals surface area contributed by atoms with Crippen LogP contribution in [-0.4, -0.2) is 54.5 Å². The molecule has 2 unspecified atom stereocenters. The van der Waals surface area contributed by atoms with Crippen LogP contribution in [0.5, 0.6) is 0 Å². The zero-order chi connectivity index (χ0) is 14.8. The molecule has 1 N–H and O–H groups in total. The molecule has 0 spiro atoms. The number of hydrogen-bond acceptors (Lipinski definition) is 5. The van der Waals surface area contributed by atoms with Gasteiger partial charge in [-0.2, -0.15) is 0 Å². The minimum absolute atomic E-state index is 0.0444. The van der Waals surface area contributed by atoms with Crippen molar-refractivity contribution in [2.45, 2.75) is 31.8 Å². The zero-order valence-electron chi connectivity index (χ0n) is 11.4. The van der Waals surface area contributed by atoms with Crippen LogP contribution in [0.4, 0.5) is 0 Å². The number of aliphatic carboxylic acids is 1. The van der Waals surface area contributed by atoms with Crippen molar-refractivity contribution in [1.82, 2.24) is 4.90 Å². The van der Waals surface area contributed by atoms with E-state index in [0.29, 0.717) is 12.8 Å². The third kappa shape index (κ3) is 3.83. The largest absolute Gasteiger partial charge is 0.480 e. The van der Waals surface area contributed by atoms with E-state index >= 15 is 0 Å². The summed E-state index contributed by atoms with van der Waals surface area (Å²) in [6.45, 7) is 1.75. The molecule has 0 amide bonds. The van der Waals surface area contributed by atoms with E-state index in [4.69, 9.17) is 9.52 Å². The molecular weight excluding hydrogens is 282 g/mol. The molecule has 1 aromatic rings.